The van der Waals surface area contributed by atoms with Gasteiger partial charge in [0.2, 0.25) is 5.91 Å². The Balaban J connectivity index is 1.86. The molecule has 0 radical (unpaired) electrons. The second-order valence-corrected chi connectivity index (χ2v) is 6.43. The van der Waals surface area contributed by atoms with Gasteiger partial charge in [-0.2, -0.15) is 0 Å². The number of hydrogen-bond acceptors (Lipinski definition) is 3. The van der Waals surface area contributed by atoms with Crippen molar-refractivity contribution in [2.75, 3.05) is 26.4 Å². The van der Waals surface area contributed by atoms with Gasteiger partial charge >= 0.3 is 0 Å². The zero-order valence-electron chi connectivity index (χ0n) is 13.3. The van der Waals surface area contributed by atoms with Gasteiger partial charge in [-0.25, -0.2) is 4.39 Å². The van der Waals surface area contributed by atoms with Crippen LogP contribution in [0.4, 0.5) is 4.39 Å². The van der Waals surface area contributed by atoms with Gasteiger partial charge in [0.15, 0.2) is 0 Å². The van der Waals surface area contributed by atoms with Crippen molar-refractivity contribution in [3.63, 3.8) is 0 Å². The maximum absolute atomic E-state index is 13.5. The first kappa shape index (κ1) is 17.5. The van der Waals surface area contributed by atoms with Crippen LogP contribution in [-0.4, -0.2) is 37.2 Å². The van der Waals surface area contributed by atoms with Gasteiger partial charge in [-0.05, 0) is 31.8 Å². The highest BCUT2D eigenvalue weighted by atomic mass is 32.2. The summed E-state index contributed by atoms with van der Waals surface area (Å²) in [5.41, 5.74) is 1.15. The second-order valence-electron chi connectivity index (χ2n) is 5.41. The highest BCUT2D eigenvalue weighted by Gasteiger charge is 2.15. The quantitative estimate of drug-likeness (QED) is 0.789. The average Bonchev–Trinajstić information content (AvgIpc) is 2.55. The zero-order chi connectivity index (χ0) is 16.7. The van der Waals surface area contributed by atoms with Crippen LogP contribution in [0, 0.1) is 5.82 Å². The van der Waals surface area contributed by atoms with Crippen molar-refractivity contribution in [3.05, 3.63) is 66.0 Å². The van der Waals surface area contributed by atoms with Crippen LogP contribution in [0.2, 0.25) is 0 Å². The molecule has 0 saturated carbocycles. The van der Waals surface area contributed by atoms with Crippen LogP contribution in [-0.2, 0) is 4.79 Å². The lowest BCUT2D eigenvalue weighted by atomic mass is 10.1. The molecule has 5 heteroatoms. The van der Waals surface area contributed by atoms with E-state index in [1.165, 1.54) is 17.8 Å². The number of thioether (sulfide) groups is 1. The molecule has 0 spiro atoms. The number of carbonyl (C=O) groups is 1. The van der Waals surface area contributed by atoms with E-state index in [-0.39, 0.29) is 23.5 Å². The summed E-state index contributed by atoms with van der Waals surface area (Å²) in [6.07, 6.45) is 0. The molecule has 0 aliphatic rings. The molecule has 1 unspecified atom stereocenters. The van der Waals surface area contributed by atoms with Gasteiger partial charge in [-0.3, -0.25) is 4.79 Å². The van der Waals surface area contributed by atoms with Gasteiger partial charge in [0.1, 0.15) is 5.82 Å². The number of halogens is 1. The van der Waals surface area contributed by atoms with Crippen LogP contribution >= 0.6 is 11.8 Å². The molecule has 1 amide bonds. The third kappa shape index (κ3) is 5.37. The van der Waals surface area contributed by atoms with E-state index in [1.807, 2.05) is 44.4 Å². The first-order valence-corrected chi connectivity index (χ1v) is 8.42. The van der Waals surface area contributed by atoms with E-state index in [9.17, 15) is 9.18 Å². The molecule has 2 aromatic rings. The summed E-state index contributed by atoms with van der Waals surface area (Å²) in [4.78, 5) is 14.6. The Kier molecular flexibility index (Phi) is 6.62. The molecule has 1 N–H and O–H groups in total. The maximum atomic E-state index is 13.5. The SMILES string of the molecule is CN(C)C(CNC(=O)CSc1ccccc1F)c1ccccc1. The Morgan fingerprint density at radius 1 is 1.13 bits per heavy atom. The fraction of sp³-hybridized carbons (Fsp3) is 0.278. The van der Waals surface area contributed by atoms with Crippen molar-refractivity contribution < 1.29 is 9.18 Å². The molecule has 122 valence electrons. The number of likely N-dealkylation sites (N-methyl/N-ethyl adjacent to an activating group) is 1. The Labute approximate surface area is 140 Å². The third-order valence-corrected chi connectivity index (χ3v) is 4.54. The topological polar surface area (TPSA) is 32.3 Å². The molecule has 0 aliphatic heterocycles. The van der Waals surface area contributed by atoms with Crippen molar-refractivity contribution in [1.82, 2.24) is 10.2 Å². The lowest BCUT2D eigenvalue weighted by Gasteiger charge is -2.25. The minimum absolute atomic E-state index is 0.0963. The van der Waals surface area contributed by atoms with E-state index in [0.29, 0.717) is 11.4 Å². The van der Waals surface area contributed by atoms with Crippen molar-refractivity contribution in [2.45, 2.75) is 10.9 Å². The van der Waals surface area contributed by atoms with Crippen molar-refractivity contribution in [3.8, 4) is 0 Å². The van der Waals surface area contributed by atoms with E-state index in [0.717, 1.165) is 5.56 Å². The number of carbonyl (C=O) groups excluding carboxylic acids is 1. The van der Waals surface area contributed by atoms with Crippen molar-refractivity contribution >= 4 is 17.7 Å². The highest BCUT2D eigenvalue weighted by Crippen LogP contribution is 2.21. The van der Waals surface area contributed by atoms with Gasteiger partial charge in [0.05, 0.1) is 11.8 Å². The predicted molar refractivity (Wildman–Crippen MR) is 93.0 cm³/mol. The Morgan fingerprint density at radius 3 is 2.43 bits per heavy atom. The minimum atomic E-state index is -0.291. The molecule has 0 saturated heterocycles. The monoisotopic (exact) mass is 332 g/mol. The normalized spacial score (nSPS) is 12.2. The number of nitrogens with one attached hydrogen (secondary N) is 1. The number of rotatable bonds is 7. The van der Waals surface area contributed by atoms with E-state index in [1.54, 1.807) is 18.2 Å². The fourth-order valence-electron chi connectivity index (χ4n) is 2.24. The molecule has 2 aromatic carbocycles. The van der Waals surface area contributed by atoms with Gasteiger partial charge in [0, 0.05) is 11.4 Å². The summed E-state index contributed by atoms with van der Waals surface area (Å²) < 4.78 is 13.5. The lowest BCUT2D eigenvalue weighted by Crippen LogP contribution is -2.35. The van der Waals surface area contributed by atoms with E-state index < -0.39 is 0 Å². The smallest absolute Gasteiger partial charge is 0.230 e. The fourth-order valence-corrected chi connectivity index (χ4v) is 3.01. The standard InChI is InChI=1S/C18H21FN2OS/c1-21(2)16(14-8-4-3-5-9-14)12-20-18(22)13-23-17-11-7-6-10-15(17)19/h3-11,16H,12-13H2,1-2H3,(H,20,22). The van der Waals surface area contributed by atoms with Crippen LogP contribution in [0.15, 0.2) is 59.5 Å². The summed E-state index contributed by atoms with van der Waals surface area (Å²) in [6, 6.07) is 16.6. The number of nitrogens with zero attached hydrogens (tertiary/aromatic N) is 1. The zero-order valence-corrected chi connectivity index (χ0v) is 14.1. The summed E-state index contributed by atoms with van der Waals surface area (Å²) in [7, 11) is 3.97. The molecular formula is C18H21FN2OS. The van der Waals surface area contributed by atoms with Crippen molar-refractivity contribution in [1.29, 1.82) is 0 Å². The summed E-state index contributed by atoms with van der Waals surface area (Å²) in [6.45, 7) is 0.522. The Bertz CT molecular complexity index is 634. The van der Waals surface area contributed by atoms with Crippen LogP contribution < -0.4 is 5.32 Å². The summed E-state index contributed by atoms with van der Waals surface area (Å²) >= 11 is 1.21. The molecule has 3 nitrogen and oxygen atoms in total. The Hall–Kier alpha value is -1.85. The molecule has 0 aliphatic carbocycles. The number of amides is 1. The Morgan fingerprint density at radius 2 is 1.78 bits per heavy atom. The van der Waals surface area contributed by atoms with Gasteiger partial charge in [0.25, 0.3) is 0 Å². The molecule has 0 fully saturated rings. The minimum Gasteiger partial charge on any atom is -0.353 e. The van der Waals surface area contributed by atoms with Crippen LogP contribution in [0.3, 0.4) is 0 Å². The first-order chi connectivity index (χ1) is 11.1. The molecule has 0 heterocycles. The molecule has 0 bridgehead atoms. The molecule has 1 atom stereocenters. The third-order valence-electron chi connectivity index (χ3n) is 3.50. The van der Waals surface area contributed by atoms with Crippen molar-refractivity contribution in [2.24, 2.45) is 0 Å². The van der Waals surface area contributed by atoms with Gasteiger partial charge in [-0.15, -0.1) is 11.8 Å². The van der Waals surface area contributed by atoms with Crippen LogP contribution in [0.25, 0.3) is 0 Å². The van der Waals surface area contributed by atoms with E-state index in [4.69, 9.17) is 0 Å². The van der Waals surface area contributed by atoms with Gasteiger partial charge < -0.3 is 10.2 Å². The second kappa shape index (κ2) is 8.70. The average molecular weight is 332 g/mol. The summed E-state index contributed by atoms with van der Waals surface area (Å²) in [5.74, 6) is -0.183. The largest absolute Gasteiger partial charge is 0.353 e. The highest BCUT2D eigenvalue weighted by molar-refractivity contribution is 8.00. The number of benzene rings is 2. The van der Waals surface area contributed by atoms with Crippen LogP contribution in [0.1, 0.15) is 11.6 Å². The lowest BCUT2D eigenvalue weighted by molar-refractivity contribution is -0.118. The van der Waals surface area contributed by atoms with E-state index in [2.05, 4.69) is 10.2 Å². The molecule has 0 aromatic heterocycles. The summed E-state index contributed by atoms with van der Waals surface area (Å²) in [5, 5.41) is 2.93. The molecule has 2 rings (SSSR count). The van der Waals surface area contributed by atoms with E-state index >= 15 is 0 Å². The first-order valence-electron chi connectivity index (χ1n) is 7.43. The van der Waals surface area contributed by atoms with Gasteiger partial charge in [-0.1, -0.05) is 42.5 Å². The van der Waals surface area contributed by atoms with Crippen LogP contribution in [0.5, 0.6) is 0 Å². The maximum Gasteiger partial charge on any atom is 0.230 e. The number of hydrogen-bond donors (Lipinski definition) is 1. The molecule has 23 heavy (non-hydrogen) atoms. The predicted octanol–water partition coefficient (Wildman–Crippen LogP) is 3.34. The molecular weight excluding hydrogens is 311 g/mol.